The van der Waals surface area contributed by atoms with Crippen molar-refractivity contribution in [3.8, 4) is 11.1 Å². The van der Waals surface area contributed by atoms with Crippen LogP contribution in [0.4, 0.5) is 43.9 Å². The van der Waals surface area contributed by atoms with Crippen LogP contribution in [-0.4, -0.2) is 15.9 Å². The lowest BCUT2D eigenvalue weighted by atomic mass is 9.24. The van der Waals surface area contributed by atoms with E-state index in [2.05, 4.69) is 0 Å². The van der Waals surface area contributed by atoms with Crippen molar-refractivity contribution in [3.05, 3.63) is 163 Å². The number of rotatable bonds is 5. The first-order valence-electron chi connectivity index (χ1n) is 19.3. The summed E-state index contributed by atoms with van der Waals surface area (Å²) >= 11 is 0. The second-order valence-corrected chi connectivity index (χ2v) is 19.2. The number of nitrogens with zero attached hydrogens (tertiary/aromatic N) is 1. The minimum atomic E-state index is -5.02. The molecule has 0 fully saturated rings. The molecular formula is C46H37BF10NOP. The van der Waals surface area contributed by atoms with Gasteiger partial charge in [-0.15, -0.1) is 5.46 Å². The van der Waals surface area contributed by atoms with Gasteiger partial charge in [0.15, 0.2) is 42.0 Å². The van der Waals surface area contributed by atoms with Gasteiger partial charge in [0.05, 0.1) is 0 Å². The minimum absolute atomic E-state index is 0.0809. The molecule has 0 amide bonds. The van der Waals surface area contributed by atoms with Crippen LogP contribution in [0.15, 0.2) is 60.7 Å². The van der Waals surface area contributed by atoms with E-state index in [4.69, 9.17) is 0 Å². The highest BCUT2D eigenvalue weighted by atomic mass is 31.2. The van der Waals surface area contributed by atoms with E-state index in [1.54, 1.807) is 96.1 Å². The van der Waals surface area contributed by atoms with Gasteiger partial charge in [-0.25, -0.2) is 43.9 Å². The predicted molar refractivity (Wildman–Crippen MR) is 215 cm³/mol. The van der Waals surface area contributed by atoms with E-state index >= 15 is 43.9 Å². The average Bonchev–Trinajstić information content (AvgIpc) is 3.41. The molecule has 2 aliphatic rings. The van der Waals surface area contributed by atoms with Gasteiger partial charge in [-0.05, 0) is 123 Å². The number of hydrogen-bond acceptors (Lipinski definition) is 0. The monoisotopic (exact) mass is 851 g/mol. The highest BCUT2D eigenvalue weighted by Crippen LogP contribution is 2.56. The second-order valence-electron chi connectivity index (χ2n) is 16.1. The highest BCUT2D eigenvalue weighted by Gasteiger charge is 2.65. The van der Waals surface area contributed by atoms with E-state index in [0.717, 1.165) is 11.1 Å². The second kappa shape index (κ2) is 14.5. The zero-order chi connectivity index (χ0) is 43.5. The largest absolute Gasteiger partial charge is 0.401 e. The van der Waals surface area contributed by atoms with E-state index < -0.39 is 87.9 Å². The van der Waals surface area contributed by atoms with Gasteiger partial charge >= 0.3 is 6.28 Å². The van der Waals surface area contributed by atoms with Crippen LogP contribution in [-0.2, 0) is 12.8 Å². The third kappa shape index (κ3) is 5.43. The number of fused-ring (bicyclic) bond motifs is 3. The Kier molecular flexibility index (Phi) is 10.1. The maximum Gasteiger partial charge on any atom is 0.401 e. The van der Waals surface area contributed by atoms with Crippen molar-refractivity contribution >= 4 is 45.6 Å². The first kappa shape index (κ1) is 41.6. The normalized spacial score (nSPS) is 15.4. The molecule has 1 aliphatic heterocycles. The summed E-state index contributed by atoms with van der Waals surface area (Å²) < 4.78 is 162. The summed E-state index contributed by atoms with van der Waals surface area (Å²) in [5.74, 6) is -25.9. The Bertz CT molecular complexity index is 2700. The van der Waals surface area contributed by atoms with Crippen LogP contribution in [0.3, 0.4) is 0 Å². The summed E-state index contributed by atoms with van der Waals surface area (Å²) in [6.07, 6.45) is -3.25. The molecule has 0 unspecified atom stereocenters. The van der Waals surface area contributed by atoms with Gasteiger partial charge in [0, 0.05) is 15.9 Å². The van der Waals surface area contributed by atoms with Crippen LogP contribution < -0.4 is 32.3 Å². The molecule has 60 heavy (non-hydrogen) atoms. The standard InChI is InChI=1S/C46H37BF10NOP/c1-21-16-23(3)44(24(4)17-21)60(45-25(5)18-22(2)19-26(45)6)46-29-15-11-10-14-28(29)30(27-12-8-7-9-13-27)20-31(46)47(58(60)59,32-34(48)38(52)42(56)39(53)35(32)49)33-36(50)40(54)43(57)41(55)37(33)51/h7-9,12-13,16-20,59H,10-11,14-15H2,1-6H3. The van der Waals surface area contributed by atoms with Gasteiger partial charge in [-0.3, -0.25) is 4.40 Å². The molecule has 14 heteroatoms. The fraction of sp³-hybridized carbons (Fsp3) is 0.217. The molecule has 0 saturated heterocycles. The highest BCUT2D eigenvalue weighted by molar-refractivity contribution is 7.87. The summed E-state index contributed by atoms with van der Waals surface area (Å²) in [6, 6.07) is 16.7. The lowest BCUT2D eigenvalue weighted by molar-refractivity contribution is -0.659. The molecule has 0 atom stereocenters. The molecule has 0 bridgehead atoms. The van der Waals surface area contributed by atoms with Crippen LogP contribution >= 0.6 is 7.05 Å². The first-order valence-corrected chi connectivity index (χ1v) is 21.1. The molecule has 310 valence electrons. The third-order valence-corrected chi connectivity index (χ3v) is 17.2. The van der Waals surface area contributed by atoms with Gasteiger partial charge in [0.25, 0.3) is 0 Å². The molecule has 1 heterocycles. The van der Waals surface area contributed by atoms with Crippen molar-refractivity contribution in [1.82, 2.24) is 0 Å². The molecule has 2 nitrogen and oxygen atoms in total. The maximum absolute atomic E-state index is 17.1. The lowest BCUT2D eigenvalue weighted by Gasteiger charge is -2.35. The van der Waals surface area contributed by atoms with Crippen molar-refractivity contribution in [2.75, 3.05) is 0 Å². The molecule has 0 aromatic heterocycles. The average molecular weight is 852 g/mol. The molecule has 6 aromatic rings. The first-order chi connectivity index (χ1) is 28.3. The molecule has 6 aromatic carbocycles. The van der Waals surface area contributed by atoms with E-state index in [9.17, 15) is 5.21 Å². The number of benzene rings is 6. The maximum atomic E-state index is 17.1. The molecule has 1 N–H and O–H groups in total. The van der Waals surface area contributed by atoms with E-state index in [-0.39, 0.29) is 16.1 Å². The minimum Gasteiger partial charge on any atom is -0.286 e. The Hall–Kier alpha value is -5.13. The number of aryl methyl sites for hydroxylation is 6. The third-order valence-electron chi connectivity index (χ3n) is 12.4. The van der Waals surface area contributed by atoms with Crippen LogP contribution in [0.25, 0.3) is 11.1 Å². The number of halogens is 10. The summed E-state index contributed by atoms with van der Waals surface area (Å²) in [6.45, 7) is 10.4. The Morgan fingerprint density at radius 1 is 0.483 bits per heavy atom. The zero-order valence-electron chi connectivity index (χ0n) is 33.3. The summed E-state index contributed by atoms with van der Waals surface area (Å²) in [5, 5.41) is 14.5. The van der Waals surface area contributed by atoms with Crippen molar-refractivity contribution in [3.63, 3.8) is 0 Å². The van der Waals surface area contributed by atoms with Gasteiger partial charge in [-0.1, -0.05) is 71.8 Å². The zero-order valence-corrected chi connectivity index (χ0v) is 34.2. The van der Waals surface area contributed by atoms with Crippen molar-refractivity contribution in [2.24, 2.45) is 0 Å². The topological polar surface area (TPSA) is 23.2 Å². The molecule has 0 radical (unpaired) electrons. The van der Waals surface area contributed by atoms with Crippen molar-refractivity contribution < 1.29 is 53.5 Å². The van der Waals surface area contributed by atoms with E-state index in [1.807, 2.05) is 0 Å². The summed E-state index contributed by atoms with van der Waals surface area (Å²) in [4.78, 5) is 0. The SMILES string of the molecule is Cc1cc(C)c(P2(c3c(C)cc(C)cc3C)=[N+](O)[B-](c3c(F)c(F)c(F)c(F)c3F)(c3c(F)c(F)c(F)c(F)c3F)c3cc(-c4ccccc4)c4c(c32)CCCC4)c(C)c1. The van der Waals surface area contributed by atoms with E-state index in [0.29, 0.717) is 74.4 Å². The fourth-order valence-corrected chi connectivity index (χ4v) is 16.3. The molecule has 1 aliphatic carbocycles. The number of hydrogen-bond donors (Lipinski definition) is 1. The Labute approximate surface area is 340 Å². The van der Waals surface area contributed by atoms with Gasteiger partial charge in [-0.2, -0.15) is 5.21 Å². The smallest absolute Gasteiger partial charge is 0.286 e. The van der Waals surface area contributed by atoms with Gasteiger partial charge in [0.1, 0.15) is 23.3 Å². The van der Waals surface area contributed by atoms with Crippen LogP contribution in [0.2, 0.25) is 0 Å². The van der Waals surface area contributed by atoms with Gasteiger partial charge < -0.3 is 0 Å². The van der Waals surface area contributed by atoms with Crippen LogP contribution in [0.5, 0.6) is 0 Å². The molecule has 0 spiro atoms. The summed E-state index contributed by atoms with van der Waals surface area (Å²) in [5.41, 5.74) is 0.885. The van der Waals surface area contributed by atoms with Crippen molar-refractivity contribution in [2.45, 2.75) is 67.2 Å². The Morgan fingerprint density at radius 3 is 1.25 bits per heavy atom. The Morgan fingerprint density at radius 2 is 0.850 bits per heavy atom. The Balaban J connectivity index is 1.86. The molecule has 8 rings (SSSR count). The lowest BCUT2D eigenvalue weighted by Crippen LogP contribution is -2.76. The molecule has 0 saturated carbocycles. The quantitative estimate of drug-likeness (QED) is 0.0604. The molecular weight excluding hydrogens is 814 g/mol. The summed E-state index contributed by atoms with van der Waals surface area (Å²) in [7, 11) is -4.44. The van der Waals surface area contributed by atoms with E-state index in [1.165, 1.54) is 6.07 Å². The van der Waals surface area contributed by atoms with Crippen LogP contribution in [0.1, 0.15) is 57.3 Å². The van der Waals surface area contributed by atoms with Gasteiger partial charge in [0.2, 0.25) is 0 Å². The fourth-order valence-electron chi connectivity index (χ4n) is 10.6. The van der Waals surface area contributed by atoms with Crippen molar-refractivity contribution in [1.29, 1.82) is 0 Å². The predicted octanol–water partition coefficient (Wildman–Crippen LogP) is 9.33. The van der Waals surface area contributed by atoms with Crippen LogP contribution in [0, 0.1) is 99.7 Å².